The molecule has 9 nitrogen and oxygen atoms in total. The number of nitrogens with zero attached hydrogens (tertiary/aromatic N) is 6. The summed E-state index contributed by atoms with van der Waals surface area (Å²) in [6.07, 6.45) is 7.56. The summed E-state index contributed by atoms with van der Waals surface area (Å²) in [6, 6.07) is 8.44. The van der Waals surface area contributed by atoms with Crippen LogP contribution >= 0.6 is 0 Å². The van der Waals surface area contributed by atoms with E-state index in [2.05, 4.69) is 26.0 Å². The van der Waals surface area contributed by atoms with Crippen molar-refractivity contribution in [3.05, 3.63) is 47.9 Å². The van der Waals surface area contributed by atoms with E-state index in [1.54, 1.807) is 10.7 Å². The number of nitrogens with two attached hydrogens (primary N) is 1. The maximum Gasteiger partial charge on any atom is 0.254 e. The van der Waals surface area contributed by atoms with Gasteiger partial charge in [-0.2, -0.15) is 14.6 Å². The van der Waals surface area contributed by atoms with Crippen LogP contribution in [0.4, 0.5) is 5.82 Å². The summed E-state index contributed by atoms with van der Waals surface area (Å²) < 4.78 is 8.17. The first kappa shape index (κ1) is 20.7. The first-order valence-corrected chi connectivity index (χ1v) is 11.4. The minimum absolute atomic E-state index is 0.174. The molecule has 0 aliphatic carbocycles. The zero-order valence-corrected chi connectivity index (χ0v) is 18.2. The third-order valence-electron chi connectivity index (χ3n) is 6.44. The third-order valence-corrected chi connectivity index (χ3v) is 6.44. The lowest BCUT2D eigenvalue weighted by Gasteiger charge is -2.31. The molecular formula is C23H29N7O2. The quantitative estimate of drug-likeness (QED) is 0.604. The summed E-state index contributed by atoms with van der Waals surface area (Å²) in [5.41, 5.74) is 7.98. The topological polar surface area (TPSA) is 102 Å². The molecule has 9 heteroatoms. The molecule has 1 aromatic carbocycles. The van der Waals surface area contributed by atoms with Gasteiger partial charge in [0.15, 0.2) is 0 Å². The van der Waals surface area contributed by atoms with Crippen LogP contribution in [0.1, 0.15) is 36.8 Å². The molecule has 1 amide bonds. The van der Waals surface area contributed by atoms with Crippen molar-refractivity contribution in [1.29, 1.82) is 0 Å². The fourth-order valence-electron chi connectivity index (χ4n) is 4.75. The molecule has 2 aliphatic heterocycles. The van der Waals surface area contributed by atoms with Crippen molar-refractivity contribution in [3.63, 3.8) is 0 Å². The van der Waals surface area contributed by atoms with E-state index in [9.17, 15) is 4.79 Å². The Bertz CT molecular complexity index is 1100. The minimum atomic E-state index is 0.174. The number of benzene rings is 1. The third kappa shape index (κ3) is 4.00. The summed E-state index contributed by atoms with van der Waals surface area (Å²) in [5.74, 6) is 2.65. The molecule has 3 aromatic rings. The first-order chi connectivity index (χ1) is 15.7. The highest BCUT2D eigenvalue weighted by Gasteiger charge is 2.29. The summed E-state index contributed by atoms with van der Waals surface area (Å²) in [6.45, 7) is 3.43. The number of aromatic nitrogens is 4. The summed E-state index contributed by atoms with van der Waals surface area (Å²) >= 11 is 0. The molecule has 2 aliphatic rings. The summed E-state index contributed by atoms with van der Waals surface area (Å²) in [4.78, 5) is 25.3. The van der Waals surface area contributed by atoms with Crippen molar-refractivity contribution in [2.75, 3.05) is 31.1 Å². The number of hydrogen-bond acceptors (Lipinski definition) is 7. The molecule has 1 fully saturated rings. The van der Waals surface area contributed by atoms with Gasteiger partial charge in [0, 0.05) is 37.8 Å². The van der Waals surface area contributed by atoms with Crippen LogP contribution in [0.2, 0.25) is 0 Å². The second-order valence-electron chi connectivity index (χ2n) is 8.43. The Hall–Kier alpha value is -3.20. The van der Waals surface area contributed by atoms with Gasteiger partial charge < -0.3 is 20.3 Å². The van der Waals surface area contributed by atoms with Crippen molar-refractivity contribution in [1.82, 2.24) is 24.5 Å². The fraction of sp³-hybridized carbons (Fsp3) is 0.478. The van der Waals surface area contributed by atoms with Crippen LogP contribution < -0.4 is 15.4 Å². The van der Waals surface area contributed by atoms with Crippen LogP contribution in [0.3, 0.4) is 0 Å². The van der Waals surface area contributed by atoms with E-state index < -0.39 is 0 Å². The van der Waals surface area contributed by atoms with Gasteiger partial charge in [0.1, 0.15) is 24.5 Å². The molecule has 0 bridgehead atoms. The van der Waals surface area contributed by atoms with Crippen LogP contribution in [0, 0.1) is 0 Å². The van der Waals surface area contributed by atoms with Crippen molar-refractivity contribution in [3.8, 4) is 5.75 Å². The lowest BCUT2D eigenvalue weighted by molar-refractivity contribution is -0.132. The molecule has 2 aromatic heterocycles. The van der Waals surface area contributed by atoms with Gasteiger partial charge in [-0.3, -0.25) is 4.79 Å². The zero-order chi connectivity index (χ0) is 21.9. The largest absolute Gasteiger partial charge is 0.491 e. The summed E-state index contributed by atoms with van der Waals surface area (Å²) in [5, 5.41) is 4.33. The number of amides is 1. The van der Waals surface area contributed by atoms with Crippen LogP contribution in [-0.4, -0.2) is 62.7 Å². The van der Waals surface area contributed by atoms with Gasteiger partial charge in [-0.25, -0.2) is 4.98 Å². The highest BCUT2D eigenvalue weighted by Crippen LogP contribution is 2.31. The van der Waals surface area contributed by atoms with Gasteiger partial charge in [-0.15, -0.1) is 0 Å². The van der Waals surface area contributed by atoms with Crippen LogP contribution in [0.5, 0.6) is 5.75 Å². The van der Waals surface area contributed by atoms with E-state index in [1.165, 1.54) is 11.9 Å². The average Bonchev–Trinajstić information content (AvgIpc) is 3.50. The maximum absolute atomic E-state index is 12.5. The number of rotatable bonds is 7. The van der Waals surface area contributed by atoms with Crippen molar-refractivity contribution < 1.29 is 9.53 Å². The normalized spacial score (nSPS) is 18.2. The van der Waals surface area contributed by atoms with Crippen LogP contribution in [-0.2, 0) is 17.8 Å². The van der Waals surface area contributed by atoms with E-state index in [1.807, 2.05) is 23.1 Å². The average molecular weight is 436 g/mol. The molecule has 0 saturated carbocycles. The molecule has 4 heterocycles. The minimum Gasteiger partial charge on any atom is -0.491 e. The molecule has 0 unspecified atom stereocenters. The number of carbonyl (C=O) groups excluding carboxylic acids is 1. The molecule has 0 spiro atoms. The van der Waals surface area contributed by atoms with Gasteiger partial charge in [0.25, 0.3) is 5.78 Å². The Balaban J connectivity index is 1.30. The predicted octanol–water partition coefficient (Wildman–Crippen LogP) is 1.80. The highest BCUT2D eigenvalue weighted by atomic mass is 16.5. The smallest absolute Gasteiger partial charge is 0.254 e. The number of hydrogen-bond donors (Lipinski definition) is 1. The van der Waals surface area contributed by atoms with E-state index in [4.69, 9.17) is 10.5 Å². The van der Waals surface area contributed by atoms with Crippen molar-refractivity contribution in [2.24, 2.45) is 5.73 Å². The molecule has 0 radical (unpaired) electrons. The monoisotopic (exact) mass is 435 g/mol. The van der Waals surface area contributed by atoms with Gasteiger partial charge in [-0.05, 0) is 49.9 Å². The Morgan fingerprint density at radius 2 is 2.16 bits per heavy atom. The lowest BCUT2D eigenvalue weighted by Crippen LogP contribution is -2.37. The lowest BCUT2D eigenvalue weighted by atomic mass is 9.98. The Kier molecular flexibility index (Phi) is 5.89. The Labute approximate surface area is 187 Å². The molecule has 1 atom stereocenters. The number of anilines is 1. The van der Waals surface area contributed by atoms with Gasteiger partial charge >= 0.3 is 0 Å². The Morgan fingerprint density at radius 1 is 1.22 bits per heavy atom. The molecule has 2 N–H and O–H groups in total. The first-order valence-electron chi connectivity index (χ1n) is 11.4. The highest BCUT2D eigenvalue weighted by molar-refractivity contribution is 5.76. The molecule has 168 valence electrons. The summed E-state index contributed by atoms with van der Waals surface area (Å²) in [7, 11) is 0. The maximum atomic E-state index is 12.5. The number of carbonyl (C=O) groups is 1. The van der Waals surface area contributed by atoms with Gasteiger partial charge in [0.2, 0.25) is 5.91 Å². The SMILES string of the molecule is NCCCC(=O)N1CCc2cccc(OC[C@H]3CCCN3c3ccnc4ncnn34)c2C1. The van der Waals surface area contributed by atoms with Gasteiger partial charge in [-0.1, -0.05) is 12.1 Å². The molecule has 1 saturated heterocycles. The van der Waals surface area contributed by atoms with Crippen LogP contribution in [0.15, 0.2) is 36.8 Å². The van der Waals surface area contributed by atoms with Gasteiger partial charge in [0.05, 0.1) is 6.04 Å². The second kappa shape index (κ2) is 9.12. The number of fused-ring (bicyclic) bond motifs is 2. The zero-order valence-electron chi connectivity index (χ0n) is 18.2. The molecule has 32 heavy (non-hydrogen) atoms. The van der Waals surface area contributed by atoms with E-state index in [0.717, 1.165) is 55.9 Å². The Morgan fingerprint density at radius 3 is 3.06 bits per heavy atom. The van der Waals surface area contributed by atoms with Crippen molar-refractivity contribution >= 4 is 17.5 Å². The number of ether oxygens (including phenoxy) is 1. The van der Waals surface area contributed by atoms with E-state index in [0.29, 0.717) is 31.9 Å². The predicted molar refractivity (Wildman–Crippen MR) is 120 cm³/mol. The van der Waals surface area contributed by atoms with Crippen LogP contribution in [0.25, 0.3) is 5.78 Å². The van der Waals surface area contributed by atoms with Crippen molar-refractivity contribution in [2.45, 2.75) is 44.7 Å². The molecular weight excluding hydrogens is 406 g/mol. The second-order valence-corrected chi connectivity index (χ2v) is 8.43. The van der Waals surface area contributed by atoms with E-state index >= 15 is 0 Å². The standard InChI is InChI=1S/C23H29N7O2/c24-10-2-7-22(31)28-13-9-17-4-1-6-20(19(17)14-28)32-15-18-5-3-12-29(18)21-8-11-25-23-26-16-27-30(21)23/h1,4,6,8,11,16,18H,2-3,5,7,9-10,12-15,24H2/t18-/m1/s1. The molecule has 5 rings (SSSR count). The fourth-order valence-corrected chi connectivity index (χ4v) is 4.75. The van der Waals surface area contributed by atoms with E-state index in [-0.39, 0.29) is 11.9 Å².